The van der Waals surface area contributed by atoms with E-state index in [9.17, 15) is 14.4 Å². The molecule has 2 aromatic rings. The molecule has 1 heterocycles. The Hall–Kier alpha value is -3.22. The van der Waals surface area contributed by atoms with E-state index in [2.05, 4.69) is 20.9 Å². The molecule has 0 saturated heterocycles. The zero-order valence-corrected chi connectivity index (χ0v) is 14.6. The number of aromatic nitrogens is 1. The smallest absolute Gasteiger partial charge is 0.255 e. The lowest BCUT2D eigenvalue weighted by atomic mass is 10.1. The number of nitrogens with one attached hydrogen (secondary N) is 3. The van der Waals surface area contributed by atoms with Gasteiger partial charge in [0.05, 0.1) is 0 Å². The Morgan fingerprint density at radius 2 is 1.73 bits per heavy atom. The van der Waals surface area contributed by atoms with Crippen molar-refractivity contribution in [2.45, 2.75) is 32.7 Å². The first-order chi connectivity index (χ1) is 12.4. The summed E-state index contributed by atoms with van der Waals surface area (Å²) < 4.78 is 0. The summed E-state index contributed by atoms with van der Waals surface area (Å²) in [5.41, 5.74) is 2.27. The molecular weight excluding hydrogens is 332 g/mol. The Bertz CT molecular complexity index is 875. The highest BCUT2D eigenvalue weighted by molar-refractivity contribution is 6.06. The van der Waals surface area contributed by atoms with Crippen LogP contribution in [0, 0.1) is 6.92 Å². The third-order valence-electron chi connectivity index (χ3n) is 3.99. The van der Waals surface area contributed by atoms with Gasteiger partial charge in [-0.3, -0.25) is 14.4 Å². The van der Waals surface area contributed by atoms with Crippen molar-refractivity contribution in [1.29, 1.82) is 0 Å². The number of carbonyl (C=O) groups excluding carboxylic acids is 3. The van der Waals surface area contributed by atoms with Gasteiger partial charge in [-0.25, -0.2) is 4.98 Å². The van der Waals surface area contributed by atoms with Crippen molar-refractivity contribution in [1.82, 2.24) is 10.3 Å². The fraction of sp³-hybridized carbons (Fsp3) is 0.263. The first kappa shape index (κ1) is 17.6. The van der Waals surface area contributed by atoms with Gasteiger partial charge in [0.25, 0.3) is 11.8 Å². The van der Waals surface area contributed by atoms with Crippen LogP contribution in [0.3, 0.4) is 0 Å². The van der Waals surface area contributed by atoms with E-state index < -0.39 is 0 Å². The minimum absolute atomic E-state index is 0.139. The van der Waals surface area contributed by atoms with Crippen molar-refractivity contribution < 1.29 is 14.4 Å². The molecule has 0 bridgehead atoms. The van der Waals surface area contributed by atoms with Crippen LogP contribution in [0.5, 0.6) is 0 Å². The lowest BCUT2D eigenvalue weighted by Crippen LogP contribution is -2.25. The summed E-state index contributed by atoms with van der Waals surface area (Å²) in [5, 5.41) is 8.28. The van der Waals surface area contributed by atoms with Crippen LogP contribution in [0.15, 0.2) is 36.5 Å². The topological polar surface area (TPSA) is 100 Å². The Labute approximate surface area is 151 Å². The molecule has 7 heteroatoms. The number of hydrogen-bond acceptors (Lipinski definition) is 4. The largest absolute Gasteiger partial charge is 0.349 e. The number of amides is 3. The second-order valence-electron chi connectivity index (χ2n) is 6.34. The molecule has 0 unspecified atom stereocenters. The second kappa shape index (κ2) is 7.35. The average Bonchev–Trinajstić information content (AvgIpc) is 3.40. The fourth-order valence-corrected chi connectivity index (χ4v) is 2.41. The maximum absolute atomic E-state index is 12.5. The summed E-state index contributed by atoms with van der Waals surface area (Å²) in [6, 6.07) is 8.53. The second-order valence-corrected chi connectivity index (χ2v) is 6.34. The van der Waals surface area contributed by atoms with Gasteiger partial charge >= 0.3 is 0 Å². The molecule has 0 atom stereocenters. The Morgan fingerprint density at radius 1 is 1.00 bits per heavy atom. The molecule has 1 aromatic heterocycles. The van der Waals surface area contributed by atoms with Crippen molar-refractivity contribution in [3.05, 3.63) is 53.2 Å². The quantitative estimate of drug-likeness (QED) is 0.770. The molecule has 134 valence electrons. The number of aryl methyl sites for hydroxylation is 1. The molecule has 0 radical (unpaired) electrons. The van der Waals surface area contributed by atoms with Gasteiger partial charge in [0.2, 0.25) is 5.91 Å². The van der Waals surface area contributed by atoms with E-state index >= 15 is 0 Å². The van der Waals surface area contributed by atoms with Crippen LogP contribution in [-0.4, -0.2) is 28.7 Å². The number of nitrogens with zero attached hydrogens (tertiary/aromatic N) is 1. The van der Waals surface area contributed by atoms with Crippen LogP contribution < -0.4 is 16.0 Å². The first-order valence-electron chi connectivity index (χ1n) is 8.39. The van der Waals surface area contributed by atoms with E-state index in [1.54, 1.807) is 24.3 Å². The lowest BCUT2D eigenvalue weighted by molar-refractivity contribution is -0.114. The number of rotatable bonds is 5. The van der Waals surface area contributed by atoms with Crippen molar-refractivity contribution in [3.63, 3.8) is 0 Å². The maximum Gasteiger partial charge on any atom is 0.255 e. The molecule has 3 N–H and O–H groups in total. The predicted octanol–water partition coefficient (Wildman–Crippen LogP) is 2.49. The van der Waals surface area contributed by atoms with Crippen LogP contribution in [0.1, 0.15) is 46.0 Å². The van der Waals surface area contributed by atoms with E-state index in [0.717, 1.165) is 18.4 Å². The normalized spacial score (nSPS) is 13.0. The minimum atomic E-state index is -0.346. The Balaban J connectivity index is 1.76. The molecular formula is C19H20N4O3. The molecule has 1 saturated carbocycles. The van der Waals surface area contributed by atoms with Crippen LogP contribution in [0.25, 0.3) is 0 Å². The van der Waals surface area contributed by atoms with Gasteiger partial charge in [-0.1, -0.05) is 6.07 Å². The third kappa shape index (κ3) is 4.44. The summed E-state index contributed by atoms with van der Waals surface area (Å²) in [7, 11) is 0. The third-order valence-corrected chi connectivity index (χ3v) is 3.99. The van der Waals surface area contributed by atoms with Gasteiger partial charge in [0.15, 0.2) is 0 Å². The van der Waals surface area contributed by atoms with Gasteiger partial charge in [-0.2, -0.15) is 0 Å². The molecule has 3 rings (SSSR count). The van der Waals surface area contributed by atoms with E-state index in [4.69, 9.17) is 0 Å². The van der Waals surface area contributed by atoms with E-state index in [1.807, 2.05) is 6.92 Å². The van der Waals surface area contributed by atoms with Crippen molar-refractivity contribution in [3.8, 4) is 0 Å². The van der Waals surface area contributed by atoms with Gasteiger partial charge in [-0.05, 0) is 49.6 Å². The van der Waals surface area contributed by atoms with Crippen LogP contribution >= 0.6 is 0 Å². The molecule has 1 aromatic carbocycles. The molecule has 0 aliphatic heterocycles. The molecule has 1 aliphatic carbocycles. The summed E-state index contributed by atoms with van der Waals surface area (Å²) in [6.07, 6.45) is 3.48. The highest BCUT2D eigenvalue weighted by Crippen LogP contribution is 2.22. The van der Waals surface area contributed by atoms with Gasteiger partial charge in [0.1, 0.15) is 5.82 Å². The molecule has 0 spiro atoms. The van der Waals surface area contributed by atoms with Crippen molar-refractivity contribution in [2.24, 2.45) is 0 Å². The average molecular weight is 352 g/mol. The van der Waals surface area contributed by atoms with Crippen LogP contribution in [0.2, 0.25) is 0 Å². The van der Waals surface area contributed by atoms with Gasteiger partial charge < -0.3 is 16.0 Å². The summed E-state index contributed by atoms with van der Waals surface area (Å²) in [6.45, 7) is 3.23. The summed E-state index contributed by atoms with van der Waals surface area (Å²) in [4.78, 5) is 39.8. The highest BCUT2D eigenvalue weighted by atomic mass is 16.2. The monoisotopic (exact) mass is 352 g/mol. The predicted molar refractivity (Wildman–Crippen MR) is 98.2 cm³/mol. The SMILES string of the molecule is CC(=O)Nc1cc(C(=O)Nc2cc(C(=O)NC3CC3)ccc2C)ccn1. The van der Waals surface area contributed by atoms with Gasteiger partial charge in [-0.15, -0.1) is 0 Å². The van der Waals surface area contributed by atoms with Gasteiger partial charge in [0, 0.05) is 36.0 Å². The number of carbonyl (C=O) groups is 3. The fourth-order valence-electron chi connectivity index (χ4n) is 2.41. The lowest BCUT2D eigenvalue weighted by Gasteiger charge is -2.11. The Kier molecular flexibility index (Phi) is 4.97. The van der Waals surface area contributed by atoms with E-state index in [0.29, 0.717) is 22.6 Å². The van der Waals surface area contributed by atoms with Crippen molar-refractivity contribution >= 4 is 29.2 Å². The molecule has 1 fully saturated rings. The number of benzene rings is 1. The van der Waals surface area contributed by atoms with Crippen LogP contribution in [0.4, 0.5) is 11.5 Å². The standard InChI is InChI=1S/C19H20N4O3/c1-11-3-4-13(18(25)22-15-5-6-15)9-16(11)23-19(26)14-7-8-20-17(10-14)21-12(2)24/h3-4,7-10,15H,5-6H2,1-2H3,(H,22,25)(H,23,26)(H,20,21,24). The number of pyridine rings is 1. The zero-order valence-electron chi connectivity index (χ0n) is 14.6. The summed E-state index contributed by atoms with van der Waals surface area (Å²) >= 11 is 0. The number of hydrogen-bond donors (Lipinski definition) is 3. The summed E-state index contributed by atoms with van der Waals surface area (Å²) in [5.74, 6) is -0.443. The molecule has 3 amide bonds. The van der Waals surface area contributed by atoms with Crippen molar-refractivity contribution in [2.75, 3.05) is 10.6 Å². The molecule has 1 aliphatic rings. The van der Waals surface area contributed by atoms with E-state index in [1.165, 1.54) is 19.2 Å². The highest BCUT2D eigenvalue weighted by Gasteiger charge is 2.24. The van der Waals surface area contributed by atoms with E-state index in [-0.39, 0.29) is 23.8 Å². The number of anilines is 2. The molecule has 26 heavy (non-hydrogen) atoms. The first-order valence-corrected chi connectivity index (χ1v) is 8.39. The zero-order chi connectivity index (χ0) is 18.7. The minimum Gasteiger partial charge on any atom is -0.349 e. The Morgan fingerprint density at radius 3 is 2.42 bits per heavy atom. The molecule has 7 nitrogen and oxygen atoms in total. The van der Waals surface area contributed by atoms with Crippen LogP contribution in [-0.2, 0) is 4.79 Å². The maximum atomic E-state index is 12.5.